The number of esters is 1. The van der Waals surface area contributed by atoms with Crippen LogP contribution in [0.4, 0.5) is 0 Å². The Morgan fingerprint density at radius 2 is 1.15 bits per heavy atom. The summed E-state index contributed by atoms with van der Waals surface area (Å²) < 4.78 is 5.32. The van der Waals surface area contributed by atoms with Crippen LogP contribution in [0.2, 0.25) is 0 Å². The van der Waals surface area contributed by atoms with Gasteiger partial charge in [-0.2, -0.15) is 0 Å². The SMILES string of the molecule is CCOC(=O)C(Cl)P(Cl)(c1ccccc1)(c1ccccc1)c1ccccc1. The van der Waals surface area contributed by atoms with Crippen LogP contribution in [0.5, 0.6) is 0 Å². The Bertz CT molecular complexity index is 802. The summed E-state index contributed by atoms with van der Waals surface area (Å²) in [6.07, 6.45) is 0. The third-order valence-corrected chi connectivity index (χ3v) is 13.7. The zero-order valence-corrected chi connectivity index (χ0v) is 17.4. The topological polar surface area (TPSA) is 26.3 Å². The first-order chi connectivity index (χ1) is 13.0. The van der Waals surface area contributed by atoms with E-state index in [4.69, 9.17) is 27.6 Å². The van der Waals surface area contributed by atoms with Gasteiger partial charge >= 0.3 is 170 Å². The van der Waals surface area contributed by atoms with Crippen molar-refractivity contribution in [2.24, 2.45) is 0 Å². The quantitative estimate of drug-likeness (QED) is 0.326. The second-order valence-corrected chi connectivity index (χ2v) is 13.2. The Hall–Kier alpha value is -1.86. The monoisotopic (exact) mass is 418 g/mol. The molecule has 0 aliphatic rings. The number of ether oxygens (including phenoxy) is 1. The molecule has 27 heavy (non-hydrogen) atoms. The van der Waals surface area contributed by atoms with Gasteiger partial charge in [-0.3, -0.25) is 0 Å². The average molecular weight is 419 g/mol. The second-order valence-electron chi connectivity index (χ2n) is 6.17. The molecule has 0 heterocycles. The Morgan fingerprint density at radius 3 is 1.44 bits per heavy atom. The number of rotatable bonds is 6. The van der Waals surface area contributed by atoms with Crippen molar-refractivity contribution in [2.75, 3.05) is 6.61 Å². The molecule has 0 fully saturated rings. The van der Waals surface area contributed by atoms with Crippen molar-refractivity contribution < 1.29 is 9.53 Å². The second kappa shape index (κ2) is 8.02. The number of carbonyl (C=O) groups is 1. The first-order valence-corrected chi connectivity index (χ1v) is 12.4. The van der Waals surface area contributed by atoms with Crippen LogP contribution in [0, 0.1) is 0 Å². The number of halogens is 2. The fourth-order valence-corrected chi connectivity index (χ4v) is 10.2. The molecule has 0 radical (unpaired) electrons. The maximum absolute atomic E-state index is 12.9. The van der Waals surface area contributed by atoms with Crippen molar-refractivity contribution in [3.63, 3.8) is 0 Å². The zero-order valence-electron chi connectivity index (χ0n) is 15.0. The number of alkyl halides is 1. The fourth-order valence-electron chi connectivity index (χ4n) is 3.41. The molecule has 0 amide bonds. The number of hydrogen-bond donors (Lipinski definition) is 0. The van der Waals surface area contributed by atoms with Crippen LogP contribution in [0.3, 0.4) is 0 Å². The minimum absolute atomic E-state index is 0.240. The molecule has 3 rings (SSSR count). The molecule has 0 aliphatic carbocycles. The van der Waals surface area contributed by atoms with E-state index in [1.165, 1.54) is 0 Å². The third kappa shape index (κ3) is 3.17. The van der Waals surface area contributed by atoms with Crippen LogP contribution >= 0.6 is 28.8 Å². The third-order valence-electron chi connectivity index (χ3n) is 4.69. The zero-order chi connectivity index (χ0) is 19.4. The van der Waals surface area contributed by atoms with Gasteiger partial charge in [-0.25, -0.2) is 0 Å². The summed E-state index contributed by atoms with van der Waals surface area (Å²) in [5.41, 5.74) is 0. The van der Waals surface area contributed by atoms with Crippen molar-refractivity contribution in [1.29, 1.82) is 0 Å². The Kier molecular flexibility index (Phi) is 5.91. The molecule has 2 nitrogen and oxygen atoms in total. The van der Waals surface area contributed by atoms with Gasteiger partial charge in [-0.05, 0) is 0 Å². The number of benzene rings is 3. The van der Waals surface area contributed by atoms with E-state index >= 15 is 0 Å². The summed E-state index contributed by atoms with van der Waals surface area (Å²) in [4.78, 5) is 12.9. The summed E-state index contributed by atoms with van der Waals surface area (Å²) in [5, 5.41) is 1.42. The molecule has 140 valence electrons. The van der Waals surface area contributed by atoms with Gasteiger partial charge in [0.1, 0.15) is 0 Å². The molecular weight excluding hydrogens is 398 g/mol. The molecule has 0 saturated heterocycles. The fraction of sp³-hybridized carbons (Fsp3) is 0.136. The molecule has 0 aromatic heterocycles. The summed E-state index contributed by atoms with van der Waals surface area (Å²) >= 11 is 14.7. The summed E-state index contributed by atoms with van der Waals surface area (Å²) in [7, 11) is 0. The average Bonchev–Trinajstić information content (AvgIpc) is 2.75. The Morgan fingerprint density at radius 1 is 0.815 bits per heavy atom. The predicted molar refractivity (Wildman–Crippen MR) is 117 cm³/mol. The van der Waals surface area contributed by atoms with Gasteiger partial charge in [0.2, 0.25) is 0 Å². The normalized spacial score (nSPS) is 14.0. The van der Waals surface area contributed by atoms with Gasteiger partial charge in [-0.15, -0.1) is 0 Å². The van der Waals surface area contributed by atoms with Crippen molar-refractivity contribution in [1.82, 2.24) is 0 Å². The van der Waals surface area contributed by atoms with Gasteiger partial charge in [-0.1, -0.05) is 0 Å². The van der Waals surface area contributed by atoms with E-state index in [1.807, 2.05) is 91.0 Å². The van der Waals surface area contributed by atoms with Crippen LogP contribution in [0.15, 0.2) is 91.0 Å². The van der Waals surface area contributed by atoms with Crippen molar-refractivity contribution in [3.05, 3.63) is 91.0 Å². The summed E-state index contributed by atoms with van der Waals surface area (Å²) in [5.74, 6) is -4.39. The first kappa shape index (κ1) is 19.9. The van der Waals surface area contributed by atoms with Gasteiger partial charge in [0, 0.05) is 0 Å². The van der Waals surface area contributed by atoms with E-state index < -0.39 is 17.0 Å². The van der Waals surface area contributed by atoms with Gasteiger partial charge in [0.15, 0.2) is 0 Å². The van der Waals surface area contributed by atoms with Gasteiger partial charge in [0.05, 0.1) is 0 Å². The summed E-state index contributed by atoms with van der Waals surface area (Å²) in [6.45, 7) is 2.00. The van der Waals surface area contributed by atoms with Crippen LogP contribution in [0.25, 0.3) is 0 Å². The molecule has 0 bridgehead atoms. The van der Waals surface area contributed by atoms with E-state index in [0.717, 1.165) is 15.9 Å². The first-order valence-electron chi connectivity index (χ1n) is 8.74. The van der Waals surface area contributed by atoms with E-state index in [0.29, 0.717) is 0 Å². The van der Waals surface area contributed by atoms with Crippen LogP contribution in [0.1, 0.15) is 6.92 Å². The molecule has 3 aromatic rings. The molecule has 0 saturated carbocycles. The standard InChI is InChI=1S/C22H21Cl2O2P/c1-2-26-22(25)21(23)27(24,18-12-6-3-7-13-18,19-14-8-4-9-15-19)20-16-10-5-11-17-20/h3-17,21H,2H2,1H3. The van der Waals surface area contributed by atoms with E-state index in [1.54, 1.807) is 6.92 Å². The van der Waals surface area contributed by atoms with Crippen molar-refractivity contribution >= 4 is 50.7 Å². The molecule has 0 spiro atoms. The molecule has 5 heteroatoms. The Labute approximate surface area is 169 Å². The Balaban J connectivity index is 2.45. The van der Waals surface area contributed by atoms with Crippen LogP contribution < -0.4 is 15.9 Å². The van der Waals surface area contributed by atoms with Crippen LogP contribution in [-0.4, -0.2) is 17.7 Å². The molecule has 0 N–H and O–H groups in total. The maximum atomic E-state index is 12.9. The molecule has 1 atom stereocenters. The molecule has 0 aliphatic heterocycles. The van der Waals surface area contributed by atoms with Crippen molar-refractivity contribution in [3.8, 4) is 0 Å². The summed E-state index contributed by atoms with van der Waals surface area (Å²) in [6, 6.07) is 28.9. The predicted octanol–water partition coefficient (Wildman–Crippen LogP) is 4.80. The van der Waals surface area contributed by atoms with Crippen LogP contribution in [-0.2, 0) is 9.53 Å². The minimum atomic E-state index is -3.88. The number of carbonyl (C=O) groups excluding carboxylic acids is 1. The molecule has 1 unspecified atom stereocenters. The number of hydrogen-bond acceptors (Lipinski definition) is 2. The van der Waals surface area contributed by atoms with Crippen molar-refractivity contribution in [2.45, 2.75) is 12.0 Å². The van der Waals surface area contributed by atoms with Gasteiger partial charge < -0.3 is 0 Å². The van der Waals surface area contributed by atoms with E-state index in [2.05, 4.69) is 0 Å². The van der Waals surface area contributed by atoms with E-state index in [-0.39, 0.29) is 6.61 Å². The molecule has 3 aromatic carbocycles. The molecular formula is C22H21Cl2O2P. The van der Waals surface area contributed by atoms with Gasteiger partial charge in [0.25, 0.3) is 0 Å². The van der Waals surface area contributed by atoms with E-state index in [9.17, 15) is 4.79 Å².